The fourth-order valence-corrected chi connectivity index (χ4v) is 1.47. The summed E-state index contributed by atoms with van der Waals surface area (Å²) < 4.78 is 0. The first-order valence-electron chi connectivity index (χ1n) is 5.52. The van der Waals surface area contributed by atoms with Crippen LogP contribution in [0.2, 0.25) is 0 Å². The van der Waals surface area contributed by atoms with E-state index in [1.54, 1.807) is 0 Å². The van der Waals surface area contributed by atoms with E-state index in [2.05, 4.69) is 5.32 Å². The molecule has 94 valence electrons. The Bertz CT molecular complexity index is 392. The van der Waals surface area contributed by atoms with Crippen molar-refractivity contribution in [3.8, 4) is 11.5 Å². The Morgan fingerprint density at radius 2 is 2.06 bits per heavy atom. The summed E-state index contributed by atoms with van der Waals surface area (Å²) in [6, 6.07) is 3.80. The lowest BCUT2D eigenvalue weighted by Gasteiger charge is -2.15. The molecule has 0 radical (unpaired) electrons. The number of aromatic hydroxyl groups is 2. The highest BCUT2D eigenvalue weighted by atomic mass is 16.3. The molecule has 0 saturated heterocycles. The van der Waals surface area contributed by atoms with Crippen LogP contribution in [0.5, 0.6) is 11.5 Å². The largest absolute Gasteiger partial charge is 0.504 e. The van der Waals surface area contributed by atoms with Crippen LogP contribution in [-0.4, -0.2) is 33.9 Å². The molecule has 1 unspecified atom stereocenters. The van der Waals surface area contributed by atoms with Gasteiger partial charge in [-0.15, -0.1) is 0 Å². The molecular weight excluding hydrogens is 222 g/mol. The van der Waals surface area contributed by atoms with E-state index in [-0.39, 0.29) is 35.6 Å². The zero-order valence-corrected chi connectivity index (χ0v) is 9.68. The van der Waals surface area contributed by atoms with Crippen LogP contribution in [0, 0.1) is 0 Å². The molecule has 1 amide bonds. The fourth-order valence-electron chi connectivity index (χ4n) is 1.47. The Kier molecular flexibility index (Phi) is 4.78. The second kappa shape index (κ2) is 6.10. The van der Waals surface area contributed by atoms with E-state index in [9.17, 15) is 9.90 Å². The number of amides is 1. The average Bonchev–Trinajstić information content (AvgIpc) is 2.31. The Labute approximate surface area is 99.7 Å². The quantitative estimate of drug-likeness (QED) is 0.577. The van der Waals surface area contributed by atoms with Crippen molar-refractivity contribution >= 4 is 5.91 Å². The number of carbonyl (C=O) groups is 1. The number of rotatable bonds is 5. The van der Waals surface area contributed by atoms with Gasteiger partial charge >= 0.3 is 0 Å². The molecule has 1 rings (SSSR count). The summed E-state index contributed by atoms with van der Waals surface area (Å²) in [7, 11) is 0. The van der Waals surface area contributed by atoms with Crippen LogP contribution < -0.4 is 5.32 Å². The summed E-state index contributed by atoms with van der Waals surface area (Å²) >= 11 is 0. The molecule has 17 heavy (non-hydrogen) atoms. The van der Waals surface area contributed by atoms with E-state index >= 15 is 0 Å². The highest BCUT2D eigenvalue weighted by Gasteiger charge is 2.13. The number of phenols is 2. The molecule has 4 N–H and O–H groups in total. The van der Waals surface area contributed by atoms with Crippen molar-refractivity contribution < 1.29 is 20.1 Å². The van der Waals surface area contributed by atoms with Crippen molar-refractivity contribution in [2.24, 2.45) is 0 Å². The second-order valence-electron chi connectivity index (χ2n) is 3.79. The molecule has 0 aliphatic rings. The minimum absolute atomic E-state index is 0.0135. The van der Waals surface area contributed by atoms with Gasteiger partial charge in [0.1, 0.15) is 0 Å². The van der Waals surface area contributed by atoms with E-state index in [0.717, 1.165) is 6.42 Å². The summed E-state index contributed by atoms with van der Waals surface area (Å²) in [6.45, 7) is 1.93. The lowest BCUT2D eigenvalue weighted by molar-refractivity contribution is 0.0928. The molecule has 0 aliphatic carbocycles. The number of nitrogens with one attached hydrogen (secondary N) is 1. The number of hydrogen-bond donors (Lipinski definition) is 4. The highest BCUT2D eigenvalue weighted by Crippen LogP contribution is 2.24. The van der Waals surface area contributed by atoms with Gasteiger partial charge in [0.25, 0.3) is 5.91 Å². The van der Waals surface area contributed by atoms with Crippen molar-refractivity contribution in [2.75, 3.05) is 6.61 Å². The lowest BCUT2D eigenvalue weighted by atomic mass is 10.1. The van der Waals surface area contributed by atoms with Gasteiger partial charge in [-0.3, -0.25) is 4.79 Å². The Balaban J connectivity index is 2.72. The normalized spacial score (nSPS) is 12.1. The minimum atomic E-state index is -0.333. The summed E-state index contributed by atoms with van der Waals surface area (Å²) in [5.41, 5.74) is 0.275. The molecule has 1 aromatic rings. The Hall–Kier alpha value is -1.75. The van der Waals surface area contributed by atoms with Crippen LogP contribution in [0.25, 0.3) is 0 Å². The van der Waals surface area contributed by atoms with E-state index < -0.39 is 0 Å². The van der Waals surface area contributed by atoms with E-state index in [1.165, 1.54) is 18.2 Å². The van der Waals surface area contributed by atoms with E-state index in [0.29, 0.717) is 6.42 Å². The molecule has 0 fully saturated rings. The van der Waals surface area contributed by atoms with Gasteiger partial charge in [0.15, 0.2) is 11.5 Å². The Morgan fingerprint density at radius 3 is 2.59 bits per heavy atom. The van der Waals surface area contributed by atoms with Crippen molar-refractivity contribution in [1.82, 2.24) is 5.32 Å². The molecule has 5 nitrogen and oxygen atoms in total. The summed E-state index contributed by atoms with van der Waals surface area (Å²) in [5.74, 6) is -0.919. The molecule has 5 heteroatoms. The summed E-state index contributed by atoms with van der Waals surface area (Å²) in [6.07, 6.45) is 1.21. The van der Waals surface area contributed by atoms with Crippen molar-refractivity contribution in [3.63, 3.8) is 0 Å². The third kappa shape index (κ3) is 3.64. The molecular formula is C12H17NO4. The number of carbonyl (C=O) groups excluding carboxylic acids is 1. The monoisotopic (exact) mass is 239 g/mol. The molecule has 1 aromatic carbocycles. The van der Waals surface area contributed by atoms with Crippen molar-refractivity contribution in [2.45, 2.75) is 25.8 Å². The van der Waals surface area contributed by atoms with Crippen LogP contribution in [0.1, 0.15) is 30.1 Å². The third-order valence-corrected chi connectivity index (χ3v) is 2.54. The van der Waals surface area contributed by atoms with Crippen LogP contribution >= 0.6 is 0 Å². The molecule has 0 aromatic heterocycles. The SMILES string of the molecule is CCC(CCO)NC(=O)c1ccc(O)c(O)c1. The molecule has 0 bridgehead atoms. The van der Waals surface area contributed by atoms with Gasteiger partial charge in [-0.2, -0.15) is 0 Å². The van der Waals surface area contributed by atoms with Crippen LogP contribution in [0.4, 0.5) is 0 Å². The number of aliphatic hydroxyl groups is 1. The van der Waals surface area contributed by atoms with Gasteiger partial charge in [-0.25, -0.2) is 0 Å². The zero-order chi connectivity index (χ0) is 12.8. The van der Waals surface area contributed by atoms with Gasteiger partial charge in [0, 0.05) is 18.2 Å². The van der Waals surface area contributed by atoms with Gasteiger partial charge in [-0.05, 0) is 31.0 Å². The van der Waals surface area contributed by atoms with E-state index in [1.807, 2.05) is 6.92 Å². The number of hydrogen-bond acceptors (Lipinski definition) is 4. The molecule has 0 spiro atoms. The summed E-state index contributed by atoms with van der Waals surface area (Å²) in [5, 5.41) is 29.9. The van der Waals surface area contributed by atoms with Crippen LogP contribution in [0.3, 0.4) is 0 Å². The van der Waals surface area contributed by atoms with Crippen molar-refractivity contribution in [1.29, 1.82) is 0 Å². The fraction of sp³-hybridized carbons (Fsp3) is 0.417. The average molecular weight is 239 g/mol. The summed E-state index contributed by atoms with van der Waals surface area (Å²) in [4.78, 5) is 11.8. The molecule has 0 saturated carbocycles. The molecule has 0 heterocycles. The number of phenolic OH excluding ortho intramolecular Hbond substituents is 2. The van der Waals surface area contributed by atoms with E-state index in [4.69, 9.17) is 10.2 Å². The van der Waals surface area contributed by atoms with Gasteiger partial charge in [-0.1, -0.05) is 6.92 Å². The standard InChI is InChI=1S/C12H17NO4/c1-2-9(5-6-14)13-12(17)8-3-4-10(15)11(16)7-8/h3-4,7,9,14-16H,2,5-6H2,1H3,(H,13,17). The predicted octanol–water partition coefficient (Wildman–Crippen LogP) is 0.989. The first-order valence-corrected chi connectivity index (χ1v) is 5.52. The maximum Gasteiger partial charge on any atom is 0.251 e. The first-order chi connectivity index (χ1) is 8.08. The maximum absolute atomic E-state index is 11.8. The maximum atomic E-state index is 11.8. The zero-order valence-electron chi connectivity index (χ0n) is 9.68. The lowest BCUT2D eigenvalue weighted by Crippen LogP contribution is -2.34. The molecule has 0 aliphatic heterocycles. The van der Waals surface area contributed by atoms with Gasteiger partial charge < -0.3 is 20.6 Å². The smallest absolute Gasteiger partial charge is 0.251 e. The van der Waals surface area contributed by atoms with Crippen LogP contribution in [0.15, 0.2) is 18.2 Å². The van der Waals surface area contributed by atoms with Gasteiger partial charge in [0.2, 0.25) is 0 Å². The predicted molar refractivity (Wildman–Crippen MR) is 63.0 cm³/mol. The topological polar surface area (TPSA) is 89.8 Å². The van der Waals surface area contributed by atoms with Gasteiger partial charge in [0.05, 0.1) is 0 Å². The second-order valence-corrected chi connectivity index (χ2v) is 3.79. The minimum Gasteiger partial charge on any atom is -0.504 e. The third-order valence-electron chi connectivity index (χ3n) is 2.54. The van der Waals surface area contributed by atoms with Crippen LogP contribution in [-0.2, 0) is 0 Å². The molecule has 1 atom stereocenters. The highest BCUT2D eigenvalue weighted by molar-refractivity contribution is 5.95. The van der Waals surface area contributed by atoms with Crippen molar-refractivity contribution in [3.05, 3.63) is 23.8 Å². The number of benzene rings is 1. The Morgan fingerprint density at radius 1 is 1.35 bits per heavy atom. The number of aliphatic hydroxyl groups excluding tert-OH is 1. The first kappa shape index (κ1) is 13.3.